The van der Waals surface area contributed by atoms with Gasteiger partial charge in [-0.2, -0.15) is 0 Å². The highest BCUT2D eigenvalue weighted by atomic mass is 32.2. The number of thioether (sulfide) groups is 1. The van der Waals surface area contributed by atoms with Gasteiger partial charge in [0.15, 0.2) is 0 Å². The maximum absolute atomic E-state index is 5.37. The predicted molar refractivity (Wildman–Crippen MR) is 94.8 cm³/mol. The van der Waals surface area contributed by atoms with Crippen molar-refractivity contribution in [3.05, 3.63) is 71.8 Å². The highest BCUT2D eigenvalue weighted by Crippen LogP contribution is 2.28. The summed E-state index contributed by atoms with van der Waals surface area (Å²) in [4.78, 5) is 0. The van der Waals surface area contributed by atoms with Crippen LogP contribution in [0.15, 0.2) is 65.7 Å². The molecule has 0 atom stereocenters. The van der Waals surface area contributed by atoms with Gasteiger partial charge in [-0.1, -0.05) is 53.7 Å². The Morgan fingerprint density at radius 1 is 0.913 bits per heavy atom. The second-order valence-electron chi connectivity index (χ2n) is 5.23. The van der Waals surface area contributed by atoms with Crippen molar-refractivity contribution in [2.75, 3.05) is 7.11 Å². The second-order valence-corrected chi connectivity index (χ2v) is 6.23. The summed E-state index contributed by atoms with van der Waals surface area (Å²) in [6, 6.07) is 20.4. The molecule has 0 spiro atoms. The molecule has 0 aliphatic carbocycles. The zero-order valence-electron chi connectivity index (χ0n) is 13.2. The molecule has 1 heterocycles. The fraction of sp³-hybridized carbons (Fsp3) is 0.158. The Bertz CT molecular complexity index is 770. The van der Waals surface area contributed by atoms with Gasteiger partial charge in [0.2, 0.25) is 0 Å². The molecule has 1 aromatic heterocycles. The summed E-state index contributed by atoms with van der Waals surface area (Å²) < 4.78 is 5.37. The molecule has 0 radical (unpaired) electrons. The molecule has 0 amide bonds. The maximum atomic E-state index is 5.37. The minimum Gasteiger partial charge on any atom is -0.496 e. The molecule has 2 aromatic carbocycles. The number of benzene rings is 2. The lowest BCUT2D eigenvalue weighted by Crippen LogP contribution is -1.93. The smallest absolute Gasteiger partial charge is 0.128 e. The summed E-state index contributed by atoms with van der Waals surface area (Å²) in [6.45, 7) is 2.10. The molecule has 0 unspecified atom stereocenters. The Balaban J connectivity index is 1.71. The topological polar surface area (TPSA) is 35.0 Å². The third kappa shape index (κ3) is 3.90. The Labute approximate surface area is 140 Å². The lowest BCUT2D eigenvalue weighted by Gasteiger charge is -2.07. The van der Waals surface area contributed by atoms with Crippen LogP contribution in [0.4, 0.5) is 0 Å². The van der Waals surface area contributed by atoms with Gasteiger partial charge in [-0.25, -0.2) is 0 Å². The standard InChI is InChI=1S/C19H18N2OS/c1-14-7-9-15(10-8-14)13-23-19-12-11-17(20-21-19)16-5-3-4-6-18(16)22-2/h3-12H,13H2,1-2H3. The van der Waals surface area contributed by atoms with E-state index in [9.17, 15) is 0 Å². The van der Waals surface area contributed by atoms with Crippen LogP contribution >= 0.6 is 11.8 Å². The van der Waals surface area contributed by atoms with Crippen molar-refractivity contribution in [2.45, 2.75) is 17.7 Å². The number of para-hydroxylation sites is 1. The highest BCUT2D eigenvalue weighted by molar-refractivity contribution is 7.98. The first-order valence-electron chi connectivity index (χ1n) is 7.42. The van der Waals surface area contributed by atoms with Crippen molar-refractivity contribution in [3.8, 4) is 17.0 Å². The second kappa shape index (κ2) is 7.29. The van der Waals surface area contributed by atoms with E-state index in [-0.39, 0.29) is 0 Å². The van der Waals surface area contributed by atoms with E-state index in [1.165, 1.54) is 11.1 Å². The zero-order valence-corrected chi connectivity index (χ0v) is 14.0. The number of aromatic nitrogens is 2. The van der Waals surface area contributed by atoms with Crippen LogP contribution in [-0.4, -0.2) is 17.3 Å². The number of nitrogens with zero attached hydrogens (tertiary/aromatic N) is 2. The summed E-state index contributed by atoms with van der Waals surface area (Å²) in [7, 11) is 1.66. The summed E-state index contributed by atoms with van der Waals surface area (Å²) in [6.07, 6.45) is 0. The van der Waals surface area contributed by atoms with Crippen LogP contribution < -0.4 is 4.74 Å². The summed E-state index contributed by atoms with van der Waals surface area (Å²) >= 11 is 1.69. The molecule has 4 heteroatoms. The first kappa shape index (κ1) is 15.6. The van der Waals surface area contributed by atoms with Crippen LogP contribution in [0.2, 0.25) is 0 Å². The molecule has 0 aliphatic heterocycles. The Morgan fingerprint density at radius 3 is 2.39 bits per heavy atom. The number of hydrogen-bond acceptors (Lipinski definition) is 4. The molecule has 0 aliphatic rings. The first-order chi connectivity index (χ1) is 11.3. The van der Waals surface area contributed by atoms with E-state index >= 15 is 0 Å². The van der Waals surface area contributed by atoms with Crippen LogP contribution in [0.5, 0.6) is 5.75 Å². The molecule has 3 rings (SSSR count). The van der Waals surface area contributed by atoms with Crippen molar-refractivity contribution in [1.82, 2.24) is 10.2 Å². The monoisotopic (exact) mass is 322 g/mol. The third-order valence-electron chi connectivity index (χ3n) is 3.53. The van der Waals surface area contributed by atoms with Gasteiger partial charge in [0.25, 0.3) is 0 Å². The fourth-order valence-electron chi connectivity index (χ4n) is 2.24. The third-order valence-corrected chi connectivity index (χ3v) is 4.52. The highest BCUT2D eigenvalue weighted by Gasteiger charge is 2.07. The average Bonchev–Trinajstić information content (AvgIpc) is 2.62. The van der Waals surface area contributed by atoms with Gasteiger partial charge in [0.1, 0.15) is 10.8 Å². The molecule has 0 N–H and O–H groups in total. The Kier molecular flexibility index (Phi) is 4.93. The molecule has 3 nitrogen and oxygen atoms in total. The molecule has 23 heavy (non-hydrogen) atoms. The molecule has 0 fully saturated rings. The predicted octanol–water partition coefficient (Wildman–Crippen LogP) is 4.75. The van der Waals surface area contributed by atoms with E-state index in [0.29, 0.717) is 0 Å². The molecule has 0 bridgehead atoms. The van der Waals surface area contributed by atoms with E-state index in [0.717, 1.165) is 27.8 Å². The SMILES string of the molecule is COc1ccccc1-c1ccc(SCc2ccc(C)cc2)nn1. The van der Waals surface area contributed by atoms with Gasteiger partial charge < -0.3 is 4.74 Å². The lowest BCUT2D eigenvalue weighted by molar-refractivity contribution is 0.416. The number of methoxy groups -OCH3 is 1. The van der Waals surface area contributed by atoms with Crippen molar-refractivity contribution >= 4 is 11.8 Å². The molecule has 0 saturated heterocycles. The number of rotatable bonds is 5. The molecule has 3 aromatic rings. The van der Waals surface area contributed by atoms with Gasteiger partial charge in [-0.15, -0.1) is 10.2 Å². The van der Waals surface area contributed by atoms with Crippen molar-refractivity contribution in [3.63, 3.8) is 0 Å². The average molecular weight is 322 g/mol. The fourth-order valence-corrected chi connectivity index (χ4v) is 3.01. The van der Waals surface area contributed by atoms with Gasteiger partial charge in [-0.3, -0.25) is 0 Å². The van der Waals surface area contributed by atoms with Gasteiger partial charge in [0, 0.05) is 11.3 Å². The van der Waals surface area contributed by atoms with Crippen molar-refractivity contribution in [1.29, 1.82) is 0 Å². The lowest BCUT2D eigenvalue weighted by atomic mass is 10.1. The largest absolute Gasteiger partial charge is 0.496 e. The van der Waals surface area contributed by atoms with Crippen LogP contribution in [0, 0.1) is 6.92 Å². The van der Waals surface area contributed by atoms with Crippen LogP contribution in [0.25, 0.3) is 11.3 Å². The zero-order chi connectivity index (χ0) is 16.1. The first-order valence-corrected chi connectivity index (χ1v) is 8.40. The van der Waals surface area contributed by atoms with Gasteiger partial charge in [0.05, 0.1) is 12.8 Å². The van der Waals surface area contributed by atoms with Gasteiger partial charge >= 0.3 is 0 Å². The minimum atomic E-state index is 0.807. The van der Waals surface area contributed by atoms with E-state index in [1.807, 2.05) is 36.4 Å². The van der Waals surface area contributed by atoms with Crippen molar-refractivity contribution < 1.29 is 4.74 Å². The summed E-state index contributed by atoms with van der Waals surface area (Å²) in [5.41, 5.74) is 4.34. The summed E-state index contributed by atoms with van der Waals surface area (Å²) in [5.74, 6) is 1.70. The van der Waals surface area contributed by atoms with E-state index < -0.39 is 0 Å². The molecular formula is C19H18N2OS. The van der Waals surface area contributed by atoms with Crippen LogP contribution in [0.3, 0.4) is 0 Å². The van der Waals surface area contributed by atoms with E-state index in [1.54, 1.807) is 18.9 Å². The molecule has 0 saturated carbocycles. The van der Waals surface area contributed by atoms with E-state index in [4.69, 9.17) is 4.74 Å². The maximum Gasteiger partial charge on any atom is 0.128 e. The molecule has 116 valence electrons. The Morgan fingerprint density at radius 2 is 1.70 bits per heavy atom. The van der Waals surface area contributed by atoms with Crippen LogP contribution in [0.1, 0.15) is 11.1 Å². The van der Waals surface area contributed by atoms with Crippen LogP contribution in [-0.2, 0) is 5.75 Å². The van der Waals surface area contributed by atoms with Gasteiger partial charge in [-0.05, 0) is 36.8 Å². The summed E-state index contributed by atoms with van der Waals surface area (Å²) in [5, 5.41) is 9.57. The number of aryl methyl sites for hydroxylation is 1. The minimum absolute atomic E-state index is 0.807. The van der Waals surface area contributed by atoms with E-state index in [2.05, 4.69) is 41.4 Å². The quantitative estimate of drug-likeness (QED) is 0.635. The normalized spacial score (nSPS) is 10.5. The number of hydrogen-bond donors (Lipinski definition) is 0. The number of ether oxygens (including phenoxy) is 1. The van der Waals surface area contributed by atoms with Crippen molar-refractivity contribution in [2.24, 2.45) is 0 Å². The Hall–Kier alpha value is -2.33. The molecular weight excluding hydrogens is 304 g/mol.